The third-order valence-corrected chi connectivity index (χ3v) is 4.94. The molecule has 1 aromatic carbocycles. The van der Waals surface area contributed by atoms with Gasteiger partial charge in [0.05, 0.1) is 0 Å². The second-order valence-electron chi connectivity index (χ2n) is 6.39. The number of hydroxylamine groups is 2. The van der Waals surface area contributed by atoms with Gasteiger partial charge >= 0.3 is 6.03 Å². The first-order valence-corrected chi connectivity index (χ1v) is 8.33. The Balaban J connectivity index is 1.31. The molecular formula is C17H21N3O3. The van der Waals surface area contributed by atoms with Crippen LogP contribution in [0.25, 0.3) is 0 Å². The molecule has 1 unspecified atom stereocenters. The third-order valence-electron chi connectivity index (χ3n) is 4.94. The first-order valence-electron chi connectivity index (χ1n) is 8.33. The van der Waals surface area contributed by atoms with Crippen LogP contribution in [-0.2, 0) is 9.63 Å². The fraction of sp³-hybridized carbons (Fsp3) is 0.529. The number of likely N-dealkylation sites (tertiary alicyclic amines) is 2. The van der Waals surface area contributed by atoms with Crippen LogP contribution in [0.5, 0.6) is 0 Å². The van der Waals surface area contributed by atoms with Crippen LogP contribution in [0.15, 0.2) is 30.3 Å². The average Bonchev–Trinajstić information content (AvgIpc) is 3.29. The van der Waals surface area contributed by atoms with Gasteiger partial charge in [-0.1, -0.05) is 30.3 Å². The smallest absolute Gasteiger partial charge is 0.340 e. The second-order valence-corrected chi connectivity index (χ2v) is 6.39. The number of urea groups is 1. The minimum atomic E-state index is -0.249. The van der Waals surface area contributed by atoms with Gasteiger partial charge in [-0.15, -0.1) is 0 Å². The molecule has 3 saturated heterocycles. The van der Waals surface area contributed by atoms with E-state index in [0.717, 1.165) is 31.4 Å². The first-order chi connectivity index (χ1) is 11.2. The predicted octanol–water partition coefficient (Wildman–Crippen LogP) is 2.14. The minimum absolute atomic E-state index is 0.0648. The van der Waals surface area contributed by atoms with Crippen LogP contribution < -0.4 is 0 Å². The Morgan fingerprint density at radius 1 is 1.09 bits per heavy atom. The molecule has 6 nitrogen and oxygen atoms in total. The molecule has 3 fully saturated rings. The van der Waals surface area contributed by atoms with E-state index in [1.54, 1.807) is 0 Å². The highest BCUT2D eigenvalue weighted by molar-refractivity contribution is 5.78. The van der Waals surface area contributed by atoms with Gasteiger partial charge in [-0.2, -0.15) is 5.06 Å². The lowest BCUT2D eigenvalue weighted by Gasteiger charge is -2.36. The normalized spacial score (nSPS) is 25.1. The van der Waals surface area contributed by atoms with Crippen molar-refractivity contribution in [3.05, 3.63) is 35.9 Å². The van der Waals surface area contributed by atoms with Crippen molar-refractivity contribution in [3.63, 3.8) is 0 Å². The molecule has 0 N–H and O–H groups in total. The summed E-state index contributed by atoms with van der Waals surface area (Å²) in [4.78, 5) is 33.6. The highest BCUT2D eigenvalue weighted by Gasteiger charge is 2.45. The van der Waals surface area contributed by atoms with Crippen LogP contribution in [0.4, 0.5) is 4.79 Å². The van der Waals surface area contributed by atoms with Crippen LogP contribution >= 0.6 is 0 Å². The summed E-state index contributed by atoms with van der Waals surface area (Å²) in [6, 6.07) is 9.99. The van der Waals surface area contributed by atoms with Crippen molar-refractivity contribution in [2.24, 2.45) is 0 Å². The van der Waals surface area contributed by atoms with Gasteiger partial charge in [-0.25, -0.2) is 9.63 Å². The van der Waals surface area contributed by atoms with Gasteiger partial charge in [0.15, 0.2) is 0 Å². The van der Waals surface area contributed by atoms with E-state index >= 15 is 0 Å². The van der Waals surface area contributed by atoms with Gasteiger partial charge in [0.25, 0.3) is 0 Å². The summed E-state index contributed by atoms with van der Waals surface area (Å²) in [6.07, 6.45) is 3.13. The maximum absolute atomic E-state index is 12.5. The van der Waals surface area contributed by atoms with E-state index < -0.39 is 0 Å². The predicted molar refractivity (Wildman–Crippen MR) is 83.0 cm³/mol. The van der Waals surface area contributed by atoms with Crippen molar-refractivity contribution in [1.82, 2.24) is 14.9 Å². The first kappa shape index (κ1) is 14.5. The van der Waals surface area contributed by atoms with Gasteiger partial charge in [0.2, 0.25) is 12.1 Å². The molecule has 4 rings (SSSR count). The molecule has 3 amide bonds. The number of benzene rings is 1. The molecule has 0 radical (unpaired) electrons. The summed E-state index contributed by atoms with van der Waals surface area (Å²) in [6.45, 7) is 2.26. The van der Waals surface area contributed by atoms with Crippen LogP contribution in [0.1, 0.15) is 37.5 Å². The Hall–Kier alpha value is -2.08. The van der Waals surface area contributed by atoms with Crippen molar-refractivity contribution < 1.29 is 14.4 Å². The molecule has 0 aromatic heterocycles. The van der Waals surface area contributed by atoms with E-state index in [9.17, 15) is 9.59 Å². The number of amides is 3. The number of piperidine rings is 1. The van der Waals surface area contributed by atoms with Crippen molar-refractivity contribution in [1.29, 1.82) is 0 Å². The summed E-state index contributed by atoms with van der Waals surface area (Å²) < 4.78 is 0. The SMILES string of the molecule is O=C1CCCN1C1CCN(C(=O)N2OC2c2ccccc2)CC1. The third kappa shape index (κ3) is 2.79. The standard InChI is InChI=1S/C17H21N3O3/c21-15-7-4-10-19(15)14-8-11-18(12-9-14)17(22)20-16(23-20)13-5-2-1-3-6-13/h1-3,5-6,14,16H,4,7-12H2. The molecular weight excluding hydrogens is 294 g/mol. The Labute approximate surface area is 135 Å². The quantitative estimate of drug-likeness (QED) is 0.786. The van der Waals surface area contributed by atoms with E-state index in [-0.39, 0.29) is 18.2 Å². The lowest BCUT2D eigenvalue weighted by atomic mass is 10.0. The van der Waals surface area contributed by atoms with E-state index in [1.807, 2.05) is 40.1 Å². The minimum Gasteiger partial charge on any atom is -0.340 e. The zero-order valence-electron chi connectivity index (χ0n) is 13.1. The molecule has 0 spiro atoms. The molecule has 1 atom stereocenters. The van der Waals surface area contributed by atoms with E-state index in [0.29, 0.717) is 25.6 Å². The summed E-state index contributed by atoms with van der Waals surface area (Å²) in [5.41, 5.74) is 0.999. The Bertz CT molecular complexity index is 598. The molecule has 122 valence electrons. The van der Waals surface area contributed by atoms with Gasteiger partial charge in [0, 0.05) is 37.7 Å². The summed E-state index contributed by atoms with van der Waals surface area (Å²) >= 11 is 0. The van der Waals surface area contributed by atoms with Gasteiger partial charge < -0.3 is 9.80 Å². The zero-order chi connectivity index (χ0) is 15.8. The Kier molecular flexibility index (Phi) is 3.69. The van der Waals surface area contributed by atoms with Crippen molar-refractivity contribution in [2.75, 3.05) is 19.6 Å². The molecule has 0 bridgehead atoms. The Morgan fingerprint density at radius 2 is 1.83 bits per heavy atom. The van der Waals surface area contributed by atoms with Gasteiger partial charge in [-0.3, -0.25) is 4.79 Å². The summed E-state index contributed by atoms with van der Waals surface area (Å²) in [7, 11) is 0. The zero-order valence-corrected chi connectivity index (χ0v) is 13.1. The highest BCUT2D eigenvalue weighted by Crippen LogP contribution is 2.38. The highest BCUT2D eigenvalue weighted by atomic mass is 16.8. The number of hydrogen-bond donors (Lipinski definition) is 0. The lowest BCUT2D eigenvalue weighted by Crippen LogP contribution is -2.48. The van der Waals surface area contributed by atoms with Crippen LogP contribution in [0.3, 0.4) is 0 Å². The number of carbonyl (C=O) groups excluding carboxylic acids is 2. The fourth-order valence-corrected chi connectivity index (χ4v) is 3.60. The molecule has 3 aliphatic heterocycles. The number of hydrogen-bond acceptors (Lipinski definition) is 3. The van der Waals surface area contributed by atoms with Crippen molar-refractivity contribution >= 4 is 11.9 Å². The van der Waals surface area contributed by atoms with E-state index in [1.165, 1.54) is 5.06 Å². The summed E-state index contributed by atoms with van der Waals surface area (Å²) in [5, 5.41) is 1.44. The number of rotatable bonds is 2. The average molecular weight is 315 g/mol. The molecule has 3 heterocycles. The second kappa shape index (κ2) is 5.85. The number of nitrogens with zero attached hydrogens (tertiary/aromatic N) is 3. The molecule has 0 saturated carbocycles. The van der Waals surface area contributed by atoms with Gasteiger partial charge in [0.1, 0.15) is 0 Å². The lowest BCUT2D eigenvalue weighted by molar-refractivity contribution is -0.130. The molecule has 0 aliphatic carbocycles. The Morgan fingerprint density at radius 3 is 2.48 bits per heavy atom. The fourth-order valence-electron chi connectivity index (χ4n) is 3.60. The van der Waals surface area contributed by atoms with Crippen LogP contribution in [0, 0.1) is 0 Å². The largest absolute Gasteiger partial charge is 0.346 e. The van der Waals surface area contributed by atoms with Gasteiger partial charge in [-0.05, 0) is 19.3 Å². The topological polar surface area (TPSA) is 56.2 Å². The molecule has 1 aromatic rings. The van der Waals surface area contributed by atoms with E-state index in [4.69, 9.17) is 4.84 Å². The number of carbonyl (C=O) groups is 2. The monoisotopic (exact) mass is 315 g/mol. The summed E-state index contributed by atoms with van der Waals surface area (Å²) in [5.74, 6) is 0.271. The van der Waals surface area contributed by atoms with Crippen LogP contribution in [-0.4, -0.2) is 52.5 Å². The van der Waals surface area contributed by atoms with E-state index in [2.05, 4.69) is 0 Å². The molecule has 3 aliphatic rings. The maximum Gasteiger partial charge on any atom is 0.346 e. The van der Waals surface area contributed by atoms with Crippen LogP contribution in [0.2, 0.25) is 0 Å². The van der Waals surface area contributed by atoms with Crippen molar-refractivity contribution in [3.8, 4) is 0 Å². The van der Waals surface area contributed by atoms with Crippen molar-refractivity contribution in [2.45, 2.75) is 38.0 Å². The maximum atomic E-state index is 12.5. The molecule has 6 heteroatoms. The molecule has 23 heavy (non-hydrogen) atoms.